The summed E-state index contributed by atoms with van der Waals surface area (Å²) < 4.78 is 61.6. The number of rotatable bonds is 5. The van der Waals surface area contributed by atoms with Gasteiger partial charge >= 0.3 is 18.0 Å². The molecule has 2 aliphatic rings. The Morgan fingerprint density at radius 3 is 2.59 bits per heavy atom. The maximum atomic E-state index is 15.0. The van der Waals surface area contributed by atoms with Gasteiger partial charge in [0.25, 0.3) is 5.91 Å². The molecule has 0 bridgehead atoms. The van der Waals surface area contributed by atoms with E-state index >= 15 is 4.39 Å². The Morgan fingerprint density at radius 1 is 1.26 bits per heavy atom. The number of benzene rings is 1. The summed E-state index contributed by atoms with van der Waals surface area (Å²) in [6.45, 7) is 1.07. The summed E-state index contributed by atoms with van der Waals surface area (Å²) in [6, 6.07) is 0.931. The molecule has 14 heteroatoms. The number of likely N-dealkylation sites (tertiary alicyclic amines) is 1. The molecule has 1 unspecified atom stereocenters. The number of ether oxygens (including phenoxy) is 1. The summed E-state index contributed by atoms with van der Waals surface area (Å²) in [4.78, 5) is 37.3. The topological polar surface area (TPSA) is 119 Å². The van der Waals surface area contributed by atoms with Gasteiger partial charge in [-0.1, -0.05) is 0 Å². The molecule has 34 heavy (non-hydrogen) atoms. The van der Waals surface area contributed by atoms with Crippen LogP contribution in [0.1, 0.15) is 35.9 Å². The highest BCUT2D eigenvalue weighted by Crippen LogP contribution is 2.31. The Labute approximate surface area is 189 Å². The van der Waals surface area contributed by atoms with E-state index in [2.05, 4.69) is 10.4 Å². The minimum atomic E-state index is -4.78. The van der Waals surface area contributed by atoms with E-state index in [0.29, 0.717) is 24.9 Å². The predicted octanol–water partition coefficient (Wildman–Crippen LogP) is 1.93. The van der Waals surface area contributed by atoms with Crippen molar-refractivity contribution in [2.75, 3.05) is 13.1 Å². The summed E-state index contributed by atoms with van der Waals surface area (Å²) in [5.74, 6) is -2.17. The molecule has 1 saturated heterocycles. The van der Waals surface area contributed by atoms with Crippen LogP contribution in [-0.2, 0) is 13.0 Å². The van der Waals surface area contributed by atoms with E-state index < -0.39 is 58.8 Å². The van der Waals surface area contributed by atoms with Gasteiger partial charge in [0.1, 0.15) is 23.1 Å². The summed E-state index contributed by atoms with van der Waals surface area (Å²) in [5.41, 5.74) is -1.62. The number of aryl methyl sites for hydroxylation is 1. The number of carbonyl (C=O) groups is 2. The number of aromatic nitrogens is 3. The fourth-order valence-electron chi connectivity index (χ4n) is 3.78. The Balaban J connectivity index is 1.69. The van der Waals surface area contributed by atoms with Crippen LogP contribution in [-0.4, -0.2) is 67.8 Å². The van der Waals surface area contributed by atoms with Crippen LogP contribution < -0.4 is 15.7 Å². The second-order valence-electron chi connectivity index (χ2n) is 8.18. The molecule has 2 aromatic rings. The van der Waals surface area contributed by atoms with Gasteiger partial charge in [0.05, 0.1) is 11.6 Å². The van der Waals surface area contributed by atoms with Crippen LogP contribution in [0.25, 0.3) is 5.69 Å². The molecule has 0 aliphatic carbocycles. The number of hydrogen-bond acceptors (Lipinski definition) is 5. The highest BCUT2D eigenvalue weighted by Gasteiger charge is 2.39. The maximum Gasteiger partial charge on any atom is 0.425 e. The molecule has 1 aromatic heterocycles. The molecule has 2 aliphatic heterocycles. The maximum absolute atomic E-state index is 15.0. The van der Waals surface area contributed by atoms with Crippen molar-refractivity contribution in [1.29, 1.82) is 0 Å². The smallest absolute Gasteiger partial charge is 0.425 e. The van der Waals surface area contributed by atoms with E-state index in [9.17, 15) is 27.6 Å². The number of nitrogens with zero attached hydrogens (tertiary/aromatic N) is 4. The van der Waals surface area contributed by atoms with E-state index in [1.807, 2.05) is 0 Å². The number of carbonyl (C=O) groups excluding carboxylic acids is 1. The van der Waals surface area contributed by atoms with Crippen LogP contribution in [0.15, 0.2) is 16.9 Å². The van der Waals surface area contributed by atoms with Crippen molar-refractivity contribution in [1.82, 2.24) is 24.6 Å². The Hall–Kier alpha value is -3.58. The minimum Gasteiger partial charge on any atom is -0.480 e. The molecule has 2 amide bonds. The van der Waals surface area contributed by atoms with Gasteiger partial charge in [-0.15, -0.1) is 5.10 Å². The minimum absolute atomic E-state index is 0.0214. The Kier molecular flexibility index (Phi) is 6.00. The molecule has 184 valence electrons. The first-order valence-corrected chi connectivity index (χ1v) is 10.5. The van der Waals surface area contributed by atoms with Gasteiger partial charge in [-0.05, 0) is 25.8 Å². The number of halogens is 4. The second-order valence-corrected chi connectivity index (χ2v) is 8.18. The van der Waals surface area contributed by atoms with Crippen molar-refractivity contribution < 1.29 is 37.0 Å². The first kappa shape index (κ1) is 23.6. The molecule has 3 heterocycles. The van der Waals surface area contributed by atoms with Gasteiger partial charge in [-0.25, -0.2) is 14.0 Å². The molecule has 10 nitrogen and oxygen atoms in total. The fraction of sp³-hybridized carbons (Fsp3) is 0.500. The summed E-state index contributed by atoms with van der Waals surface area (Å²) >= 11 is 0. The lowest BCUT2D eigenvalue weighted by molar-refractivity contribution is -0.189. The average molecular weight is 487 g/mol. The predicted molar refractivity (Wildman–Crippen MR) is 108 cm³/mol. The molecule has 1 aromatic carbocycles. The zero-order chi connectivity index (χ0) is 24.8. The first-order chi connectivity index (χ1) is 16.0. The third kappa shape index (κ3) is 4.43. The molecule has 4 rings (SSSR count). The summed E-state index contributed by atoms with van der Waals surface area (Å²) in [6.07, 6.45) is -6.28. The second kappa shape index (κ2) is 8.65. The number of carboxylic acid groups (broad SMARTS) is 1. The molecule has 1 atom stereocenters. The largest absolute Gasteiger partial charge is 0.480 e. The van der Waals surface area contributed by atoms with Crippen LogP contribution in [0.5, 0.6) is 5.75 Å². The van der Waals surface area contributed by atoms with E-state index in [4.69, 9.17) is 9.84 Å². The molecule has 0 spiro atoms. The van der Waals surface area contributed by atoms with Gasteiger partial charge in [0, 0.05) is 32.1 Å². The number of alkyl halides is 3. The zero-order valence-electron chi connectivity index (χ0n) is 17.9. The molecular weight excluding hydrogens is 466 g/mol. The number of nitrogens with one attached hydrogen (secondary N) is 1. The SMILES string of the molecule is CC(Oc1cc(-n2nc3n(c2=O)CCCC3)c(F)cc1C(=O)NC1CN(C(=O)O)C1)C(F)(F)F. The molecule has 0 saturated carbocycles. The van der Waals surface area contributed by atoms with Crippen molar-refractivity contribution in [3.8, 4) is 11.4 Å². The standard InChI is InChI=1S/C20H21F4N5O5/c1-10(20(22,23)24)34-15-7-14(29-18(31)28-5-3-2-4-16(28)26-29)13(21)6-12(15)17(30)25-11-8-27(9-11)19(32)33/h6-7,10-11H,2-5,8-9H2,1H3,(H,25,30)(H,32,33). The summed E-state index contributed by atoms with van der Waals surface area (Å²) in [5, 5.41) is 15.4. The third-order valence-corrected chi connectivity index (χ3v) is 5.75. The monoisotopic (exact) mass is 487 g/mol. The van der Waals surface area contributed by atoms with E-state index in [0.717, 1.165) is 35.4 Å². The van der Waals surface area contributed by atoms with Crippen molar-refractivity contribution in [2.24, 2.45) is 0 Å². The summed E-state index contributed by atoms with van der Waals surface area (Å²) in [7, 11) is 0. The number of fused-ring (bicyclic) bond motifs is 1. The molecule has 1 fully saturated rings. The number of hydrogen-bond donors (Lipinski definition) is 2. The third-order valence-electron chi connectivity index (χ3n) is 5.75. The van der Waals surface area contributed by atoms with Gasteiger partial charge < -0.3 is 20.1 Å². The van der Waals surface area contributed by atoms with E-state index in [1.54, 1.807) is 0 Å². The van der Waals surface area contributed by atoms with Crippen LogP contribution >= 0.6 is 0 Å². The van der Waals surface area contributed by atoms with Crippen molar-refractivity contribution in [2.45, 2.75) is 51.1 Å². The van der Waals surface area contributed by atoms with E-state index in [-0.39, 0.29) is 13.1 Å². The van der Waals surface area contributed by atoms with Crippen LogP contribution in [0.3, 0.4) is 0 Å². The lowest BCUT2D eigenvalue weighted by Gasteiger charge is -2.37. The quantitative estimate of drug-likeness (QED) is 0.623. The van der Waals surface area contributed by atoms with Crippen LogP contribution in [0, 0.1) is 5.82 Å². The first-order valence-electron chi connectivity index (χ1n) is 10.5. The molecular formula is C20H21F4N5O5. The van der Waals surface area contributed by atoms with Crippen molar-refractivity contribution in [3.63, 3.8) is 0 Å². The van der Waals surface area contributed by atoms with Gasteiger partial charge in [0.15, 0.2) is 6.10 Å². The van der Waals surface area contributed by atoms with Crippen LogP contribution in [0.4, 0.5) is 22.4 Å². The number of amides is 2. The normalized spacial score (nSPS) is 17.0. The van der Waals surface area contributed by atoms with Crippen LogP contribution in [0.2, 0.25) is 0 Å². The highest BCUT2D eigenvalue weighted by atomic mass is 19.4. The van der Waals surface area contributed by atoms with Gasteiger partial charge in [-0.2, -0.15) is 17.9 Å². The van der Waals surface area contributed by atoms with Crippen molar-refractivity contribution in [3.05, 3.63) is 39.8 Å². The highest BCUT2D eigenvalue weighted by molar-refractivity contribution is 5.97. The van der Waals surface area contributed by atoms with Gasteiger partial charge in [0.2, 0.25) is 0 Å². The Bertz CT molecular complexity index is 1190. The van der Waals surface area contributed by atoms with Gasteiger partial charge in [-0.3, -0.25) is 9.36 Å². The lowest BCUT2D eigenvalue weighted by atomic mass is 10.1. The van der Waals surface area contributed by atoms with E-state index in [1.165, 1.54) is 4.57 Å². The average Bonchev–Trinajstić information content (AvgIpc) is 3.06. The molecule has 0 radical (unpaired) electrons. The zero-order valence-corrected chi connectivity index (χ0v) is 17.9. The lowest BCUT2D eigenvalue weighted by Crippen LogP contribution is -2.60. The van der Waals surface area contributed by atoms with Crippen molar-refractivity contribution >= 4 is 12.0 Å². The Morgan fingerprint density at radius 2 is 1.97 bits per heavy atom. The molecule has 2 N–H and O–H groups in total. The fourth-order valence-corrected chi connectivity index (χ4v) is 3.78.